The Hall–Kier alpha value is -2.44. The van der Waals surface area contributed by atoms with Crippen LogP contribution in [0.25, 0.3) is 10.9 Å². The largest absolute Gasteiger partial charge is 0.460 e. The molecule has 1 unspecified atom stereocenters. The van der Waals surface area contributed by atoms with Crippen molar-refractivity contribution in [1.82, 2.24) is 19.9 Å². The molecule has 0 radical (unpaired) electrons. The summed E-state index contributed by atoms with van der Waals surface area (Å²) in [5.41, 5.74) is 3.40. The van der Waals surface area contributed by atoms with E-state index in [0.29, 0.717) is 6.01 Å². The van der Waals surface area contributed by atoms with Gasteiger partial charge in [-0.15, -0.1) is 0 Å². The van der Waals surface area contributed by atoms with Crippen LogP contribution in [0.2, 0.25) is 0 Å². The Kier molecular flexibility index (Phi) is 4.10. The summed E-state index contributed by atoms with van der Waals surface area (Å²) in [6.07, 6.45) is 5.66. The van der Waals surface area contributed by atoms with Gasteiger partial charge in [-0.3, -0.25) is 4.90 Å². The van der Waals surface area contributed by atoms with Crippen LogP contribution < -0.4 is 4.74 Å². The number of aryl methyl sites for hydroxylation is 1. The molecule has 140 valence electrons. The Morgan fingerprint density at radius 1 is 1.30 bits per heavy atom. The van der Waals surface area contributed by atoms with Gasteiger partial charge in [0.05, 0.1) is 12.2 Å². The minimum Gasteiger partial charge on any atom is -0.460 e. The van der Waals surface area contributed by atoms with Crippen molar-refractivity contribution in [1.29, 1.82) is 0 Å². The van der Waals surface area contributed by atoms with Gasteiger partial charge < -0.3 is 14.5 Å². The van der Waals surface area contributed by atoms with E-state index in [4.69, 9.17) is 9.47 Å². The third-order valence-electron chi connectivity index (χ3n) is 5.60. The highest BCUT2D eigenvalue weighted by molar-refractivity contribution is 5.82. The Labute approximate surface area is 158 Å². The summed E-state index contributed by atoms with van der Waals surface area (Å²) < 4.78 is 12.2. The highest BCUT2D eigenvalue weighted by Crippen LogP contribution is 2.36. The number of H-pyrrole nitrogens is 1. The van der Waals surface area contributed by atoms with Gasteiger partial charge in [0, 0.05) is 61.5 Å². The number of hydrogen-bond donors (Lipinski definition) is 1. The van der Waals surface area contributed by atoms with Crippen molar-refractivity contribution < 1.29 is 9.47 Å². The predicted octanol–water partition coefficient (Wildman–Crippen LogP) is 3.08. The Bertz CT molecular complexity index is 948. The summed E-state index contributed by atoms with van der Waals surface area (Å²) in [4.78, 5) is 14.3. The molecule has 6 heteroatoms. The Morgan fingerprint density at radius 2 is 2.22 bits per heavy atom. The van der Waals surface area contributed by atoms with Crippen LogP contribution in [0.5, 0.6) is 6.01 Å². The number of hydrogen-bond acceptors (Lipinski definition) is 5. The Balaban J connectivity index is 1.22. The molecule has 5 rings (SSSR count). The number of rotatable bonds is 4. The van der Waals surface area contributed by atoms with E-state index in [-0.39, 0.29) is 11.7 Å². The number of fused-ring (bicyclic) bond motifs is 1. The lowest BCUT2D eigenvalue weighted by molar-refractivity contribution is -0.188. The summed E-state index contributed by atoms with van der Waals surface area (Å²) in [5, 5.41) is 1.31. The number of nitrogens with zero attached hydrogens (tertiary/aromatic N) is 3. The first-order chi connectivity index (χ1) is 13.2. The van der Waals surface area contributed by atoms with Gasteiger partial charge in [0.15, 0.2) is 0 Å². The SMILES string of the molecule is Cc1ccnc(OC2CCOC3(C2)CN(Cc2cccc4[nH]ccc24)C3)n1. The molecule has 0 aliphatic carbocycles. The molecule has 1 atom stereocenters. The van der Waals surface area contributed by atoms with Crippen molar-refractivity contribution in [3.8, 4) is 6.01 Å². The van der Waals surface area contributed by atoms with Gasteiger partial charge in [0.2, 0.25) is 0 Å². The number of nitrogens with one attached hydrogen (secondary N) is 1. The zero-order valence-electron chi connectivity index (χ0n) is 15.5. The van der Waals surface area contributed by atoms with Gasteiger partial charge in [-0.05, 0) is 30.7 Å². The first-order valence-corrected chi connectivity index (χ1v) is 9.57. The molecule has 0 bridgehead atoms. The van der Waals surface area contributed by atoms with Crippen molar-refractivity contribution in [3.05, 3.63) is 54.0 Å². The molecule has 3 aromatic rings. The van der Waals surface area contributed by atoms with Gasteiger partial charge in [-0.25, -0.2) is 9.97 Å². The lowest BCUT2D eigenvalue weighted by Gasteiger charge is -2.53. The molecule has 27 heavy (non-hydrogen) atoms. The third kappa shape index (κ3) is 3.31. The van der Waals surface area contributed by atoms with Crippen molar-refractivity contribution in [2.45, 2.75) is 38.0 Å². The fourth-order valence-electron chi connectivity index (χ4n) is 4.35. The van der Waals surface area contributed by atoms with Gasteiger partial charge in [-0.2, -0.15) is 0 Å². The van der Waals surface area contributed by atoms with Gasteiger partial charge in [0.1, 0.15) is 6.10 Å². The van der Waals surface area contributed by atoms with Gasteiger partial charge in [-0.1, -0.05) is 12.1 Å². The molecule has 1 N–H and O–H groups in total. The topological polar surface area (TPSA) is 63.3 Å². The predicted molar refractivity (Wildman–Crippen MR) is 103 cm³/mol. The van der Waals surface area contributed by atoms with Crippen molar-refractivity contribution in [2.24, 2.45) is 0 Å². The smallest absolute Gasteiger partial charge is 0.316 e. The second-order valence-corrected chi connectivity index (χ2v) is 7.75. The van der Waals surface area contributed by atoms with E-state index >= 15 is 0 Å². The second-order valence-electron chi connectivity index (χ2n) is 7.75. The normalized spacial score (nSPS) is 22.0. The summed E-state index contributed by atoms with van der Waals surface area (Å²) in [6.45, 7) is 5.53. The average Bonchev–Trinajstić information content (AvgIpc) is 3.10. The van der Waals surface area contributed by atoms with E-state index < -0.39 is 0 Å². The van der Waals surface area contributed by atoms with Gasteiger partial charge >= 0.3 is 6.01 Å². The molecule has 2 aromatic heterocycles. The molecule has 2 fully saturated rings. The molecule has 2 saturated heterocycles. The van der Waals surface area contributed by atoms with Gasteiger partial charge in [0.25, 0.3) is 0 Å². The standard InChI is InChI=1S/C21H24N4O2/c1-15-5-8-23-20(24-15)27-17-7-10-26-21(11-17)13-25(14-21)12-16-3-2-4-19-18(16)6-9-22-19/h2-6,8-9,17,22H,7,10-14H2,1H3. The molecule has 1 spiro atoms. The summed E-state index contributed by atoms with van der Waals surface area (Å²) in [5.74, 6) is 0. The molecule has 2 aliphatic rings. The molecular formula is C21H24N4O2. The van der Waals surface area contributed by atoms with E-state index in [2.05, 4.69) is 44.1 Å². The van der Waals surface area contributed by atoms with Crippen LogP contribution in [-0.4, -0.2) is 51.3 Å². The van der Waals surface area contributed by atoms with Crippen molar-refractivity contribution >= 4 is 10.9 Å². The highest BCUT2D eigenvalue weighted by Gasteiger charge is 2.48. The molecule has 4 heterocycles. The maximum Gasteiger partial charge on any atom is 0.316 e. The highest BCUT2D eigenvalue weighted by atomic mass is 16.5. The molecule has 0 amide bonds. The zero-order valence-corrected chi connectivity index (χ0v) is 15.5. The van der Waals surface area contributed by atoms with E-state index in [1.54, 1.807) is 6.20 Å². The maximum absolute atomic E-state index is 6.16. The molecule has 6 nitrogen and oxygen atoms in total. The van der Waals surface area contributed by atoms with Crippen LogP contribution in [0, 0.1) is 6.92 Å². The number of benzene rings is 1. The number of aromatic amines is 1. The summed E-state index contributed by atoms with van der Waals surface area (Å²) in [6, 6.07) is 11.0. The van der Waals surface area contributed by atoms with Crippen molar-refractivity contribution in [3.63, 3.8) is 0 Å². The fraction of sp³-hybridized carbons (Fsp3) is 0.429. The fourth-order valence-corrected chi connectivity index (χ4v) is 4.35. The van der Waals surface area contributed by atoms with Crippen LogP contribution in [0.3, 0.4) is 0 Å². The first kappa shape index (κ1) is 16.7. The van der Waals surface area contributed by atoms with Crippen LogP contribution in [0.1, 0.15) is 24.1 Å². The minimum atomic E-state index is -0.0845. The van der Waals surface area contributed by atoms with E-state index in [1.165, 1.54) is 16.5 Å². The quantitative estimate of drug-likeness (QED) is 0.771. The lowest BCUT2D eigenvalue weighted by atomic mass is 9.84. The number of ether oxygens (including phenoxy) is 2. The Morgan fingerprint density at radius 3 is 3.11 bits per heavy atom. The van der Waals surface area contributed by atoms with Crippen LogP contribution in [0.15, 0.2) is 42.7 Å². The van der Waals surface area contributed by atoms with E-state index in [9.17, 15) is 0 Å². The summed E-state index contributed by atoms with van der Waals surface area (Å²) >= 11 is 0. The maximum atomic E-state index is 6.16. The number of aromatic nitrogens is 3. The molecule has 0 saturated carbocycles. The van der Waals surface area contributed by atoms with E-state index in [0.717, 1.165) is 44.8 Å². The molecule has 1 aromatic carbocycles. The number of likely N-dealkylation sites (tertiary alicyclic amines) is 1. The van der Waals surface area contributed by atoms with Crippen LogP contribution in [-0.2, 0) is 11.3 Å². The van der Waals surface area contributed by atoms with E-state index in [1.807, 2.05) is 19.2 Å². The minimum absolute atomic E-state index is 0.0845. The van der Waals surface area contributed by atoms with Crippen molar-refractivity contribution in [2.75, 3.05) is 19.7 Å². The monoisotopic (exact) mass is 364 g/mol. The lowest BCUT2D eigenvalue weighted by Crippen LogP contribution is -2.65. The average molecular weight is 364 g/mol. The third-order valence-corrected chi connectivity index (χ3v) is 5.60. The molecular weight excluding hydrogens is 340 g/mol. The first-order valence-electron chi connectivity index (χ1n) is 9.57. The van der Waals surface area contributed by atoms with Crippen LogP contribution in [0.4, 0.5) is 0 Å². The second kappa shape index (κ2) is 6.62. The zero-order chi connectivity index (χ0) is 18.3. The summed E-state index contributed by atoms with van der Waals surface area (Å²) in [7, 11) is 0. The molecule has 2 aliphatic heterocycles. The van der Waals surface area contributed by atoms with Crippen LogP contribution >= 0.6 is 0 Å².